The zero-order valence-electron chi connectivity index (χ0n) is 45.3. The van der Waals surface area contributed by atoms with Gasteiger partial charge in [0.25, 0.3) is 11.7 Å². The minimum absolute atomic E-state index is 0.00697. The zero-order chi connectivity index (χ0) is 54.4. The van der Waals surface area contributed by atoms with E-state index in [1.54, 1.807) is 40.9 Å². The van der Waals surface area contributed by atoms with Gasteiger partial charge in [0.15, 0.2) is 5.78 Å². The number of methoxy groups -OCH3 is 3. The number of carbonyl (C=O) groups excluding carboxylic acids is 6. The van der Waals surface area contributed by atoms with Crippen molar-refractivity contribution in [1.82, 2.24) is 4.90 Å². The summed E-state index contributed by atoms with van der Waals surface area (Å²) in [4.78, 5) is 85.4. The van der Waals surface area contributed by atoms with Crippen LogP contribution >= 0.6 is 0 Å². The molecule has 1 amide bonds. The molecule has 1 aliphatic carbocycles. The molecule has 4 rings (SSSR count). The molecule has 0 aromatic carbocycles. The Balaban J connectivity index is 1.69. The van der Waals surface area contributed by atoms with Gasteiger partial charge in [0, 0.05) is 58.5 Å². The monoisotopic (exact) mass is 1030 g/mol. The SMILES string of the molecule is CO[C@H]1C[C@@H]2CC[C@@H](C)[C@@](O)(O2)C(=O)C(=O)N2CCCC[C@H]2C(=O)O[C@H]([C@@H](C)C[C@@H]2CC[C@@H](OC(=O)C(C)(CO)CO)[C@H](OC)C2)CC(=O)[C@H](C)/C=C(/C)[C@H](O)[C@H](OC)C(=O)[C@H](C)C[C@H](C)/C=C/C=CC=C1C. The van der Waals surface area contributed by atoms with Gasteiger partial charge in [0.1, 0.15) is 41.7 Å². The number of piperidine rings is 1. The van der Waals surface area contributed by atoms with Crippen LogP contribution in [-0.4, -0.2) is 156 Å². The largest absolute Gasteiger partial charge is 0.460 e. The Morgan fingerprint density at radius 2 is 1.56 bits per heavy atom. The minimum Gasteiger partial charge on any atom is -0.460 e. The van der Waals surface area contributed by atoms with Crippen LogP contribution in [0.5, 0.6) is 0 Å². The van der Waals surface area contributed by atoms with Gasteiger partial charge in [0.05, 0.1) is 31.5 Å². The van der Waals surface area contributed by atoms with Gasteiger partial charge in [-0.25, -0.2) is 4.79 Å². The van der Waals surface area contributed by atoms with Crippen molar-refractivity contribution in [3.05, 3.63) is 47.6 Å². The Kier molecular flexibility index (Phi) is 23.9. The van der Waals surface area contributed by atoms with E-state index in [1.807, 2.05) is 51.2 Å². The molecule has 17 nitrogen and oxygen atoms in total. The second kappa shape index (κ2) is 28.3. The predicted octanol–water partition coefficient (Wildman–Crippen LogP) is 5.72. The minimum atomic E-state index is -2.47. The van der Waals surface area contributed by atoms with Crippen molar-refractivity contribution < 1.29 is 77.6 Å². The smallest absolute Gasteiger partial charge is 0.329 e. The topological polar surface area (TPSA) is 242 Å². The summed E-state index contributed by atoms with van der Waals surface area (Å²) in [5.74, 6) is -9.36. The molecule has 3 heterocycles. The van der Waals surface area contributed by atoms with Crippen molar-refractivity contribution in [3.8, 4) is 0 Å². The van der Waals surface area contributed by atoms with Gasteiger partial charge in [-0.15, -0.1) is 0 Å². The average molecular weight is 1030 g/mol. The van der Waals surface area contributed by atoms with Crippen molar-refractivity contribution >= 4 is 35.2 Å². The van der Waals surface area contributed by atoms with Crippen molar-refractivity contribution in [3.63, 3.8) is 0 Å². The second-order valence-corrected chi connectivity index (χ2v) is 21.8. The normalized spacial score (nSPS) is 36.3. The predicted molar refractivity (Wildman–Crippen MR) is 271 cm³/mol. The van der Waals surface area contributed by atoms with Crippen LogP contribution in [0.4, 0.5) is 0 Å². The molecule has 0 radical (unpaired) electrons. The van der Waals surface area contributed by atoms with Crippen LogP contribution in [0.25, 0.3) is 0 Å². The Morgan fingerprint density at radius 1 is 0.863 bits per heavy atom. The first-order valence-corrected chi connectivity index (χ1v) is 26.4. The maximum atomic E-state index is 14.5. The van der Waals surface area contributed by atoms with Crippen LogP contribution in [0, 0.1) is 40.9 Å². The van der Waals surface area contributed by atoms with Crippen LogP contribution in [-0.2, 0) is 57.2 Å². The summed E-state index contributed by atoms with van der Waals surface area (Å²) in [5.41, 5.74) is -0.277. The van der Waals surface area contributed by atoms with Crippen molar-refractivity contribution in [1.29, 1.82) is 0 Å². The molecule has 3 aliphatic heterocycles. The number of nitrogens with zero attached hydrogens (tertiary/aromatic N) is 1. The third-order valence-corrected chi connectivity index (χ3v) is 15.9. The van der Waals surface area contributed by atoms with Gasteiger partial charge in [0.2, 0.25) is 5.79 Å². The van der Waals surface area contributed by atoms with Crippen LogP contribution in [0.2, 0.25) is 0 Å². The Labute approximate surface area is 433 Å². The van der Waals surface area contributed by atoms with Crippen LogP contribution in [0.3, 0.4) is 0 Å². The molecular formula is C56H87NO16. The molecule has 0 unspecified atom stereocenters. The Hall–Kier alpha value is -3.94. The lowest BCUT2D eigenvalue weighted by atomic mass is 9.78. The summed E-state index contributed by atoms with van der Waals surface area (Å²) in [6, 6.07) is -1.20. The van der Waals surface area contributed by atoms with Gasteiger partial charge < -0.3 is 53.7 Å². The number of Topliss-reactive ketones (excluding diaryl/α,β-unsaturated/α-hetero) is 3. The molecule has 0 spiro atoms. The highest BCUT2D eigenvalue weighted by Crippen LogP contribution is 2.38. The third-order valence-electron chi connectivity index (χ3n) is 15.9. The number of carbonyl (C=O) groups is 6. The van der Waals surface area contributed by atoms with Crippen LogP contribution in [0.1, 0.15) is 132 Å². The molecule has 15 atom stereocenters. The number of hydrogen-bond donors (Lipinski definition) is 4. The van der Waals surface area contributed by atoms with E-state index in [0.717, 1.165) is 10.5 Å². The summed E-state index contributed by atoms with van der Waals surface area (Å²) in [7, 11) is 4.43. The number of aliphatic hydroxyl groups is 4. The maximum Gasteiger partial charge on any atom is 0.329 e. The number of amides is 1. The van der Waals surface area contributed by atoms with Crippen molar-refractivity contribution in [2.75, 3.05) is 41.1 Å². The van der Waals surface area contributed by atoms with E-state index in [4.69, 9.17) is 28.4 Å². The molecule has 0 aromatic heterocycles. The van der Waals surface area contributed by atoms with Gasteiger partial charge in [-0.2, -0.15) is 0 Å². The van der Waals surface area contributed by atoms with E-state index in [9.17, 15) is 49.2 Å². The number of cyclic esters (lactones) is 1. The summed E-state index contributed by atoms with van der Waals surface area (Å²) >= 11 is 0. The standard InChI is InChI=1S/C56H87NO16/c1-33-17-13-12-14-18-34(2)45(68-9)29-41-22-20-39(7)56(67,73-41)51(63)52(64)57-24-16-15-19-42(57)53(65)71-46(30-43(60)35(3)26-38(6)49(62)50(70-11)48(61)37(5)25-33)36(4)27-40-21-23-44(47(28-40)69-10)72-54(66)55(8,31-58)32-59/h12-14,17-18,26,33,35-37,39-42,44-47,49-50,58-59,62,67H,15-16,19-25,27-32H2,1-11H3/b14-12?,17-13+,34-18?,38-26-/t33-,35-,36+,37-,39-,40+,41+,42+,44-,45+,46+,47-,49+,50-,56-/m1/s1. The molecule has 3 fully saturated rings. The van der Waals surface area contributed by atoms with Crippen molar-refractivity contribution in [2.24, 2.45) is 40.9 Å². The number of rotatable bonds is 10. The number of allylic oxidation sites excluding steroid dienone is 6. The van der Waals surface area contributed by atoms with E-state index in [1.165, 1.54) is 21.1 Å². The van der Waals surface area contributed by atoms with Gasteiger partial charge in [-0.05, 0) is 114 Å². The molecule has 17 heteroatoms. The van der Waals surface area contributed by atoms with Crippen LogP contribution in [0.15, 0.2) is 47.6 Å². The summed E-state index contributed by atoms with van der Waals surface area (Å²) < 4.78 is 35.4. The highest BCUT2D eigenvalue weighted by atomic mass is 16.6. The summed E-state index contributed by atoms with van der Waals surface area (Å²) in [6.45, 7) is 12.7. The lowest BCUT2D eigenvalue weighted by Gasteiger charge is -2.42. The van der Waals surface area contributed by atoms with Crippen molar-refractivity contribution in [2.45, 2.75) is 187 Å². The zero-order valence-corrected chi connectivity index (χ0v) is 45.3. The first kappa shape index (κ1) is 61.6. The second-order valence-electron chi connectivity index (χ2n) is 21.8. The molecule has 73 heavy (non-hydrogen) atoms. The Bertz CT molecular complexity index is 2010. The summed E-state index contributed by atoms with van der Waals surface area (Å²) in [5, 5.41) is 43.1. The van der Waals surface area contributed by atoms with E-state index in [-0.39, 0.29) is 42.8 Å². The van der Waals surface area contributed by atoms with E-state index >= 15 is 0 Å². The van der Waals surface area contributed by atoms with Gasteiger partial charge in [-0.3, -0.25) is 24.0 Å². The van der Waals surface area contributed by atoms with Gasteiger partial charge in [-0.1, -0.05) is 71.1 Å². The molecule has 412 valence electrons. The Morgan fingerprint density at radius 3 is 2.21 bits per heavy atom. The fourth-order valence-corrected chi connectivity index (χ4v) is 10.7. The first-order chi connectivity index (χ1) is 34.5. The highest BCUT2D eigenvalue weighted by Gasteiger charge is 2.53. The number of hydrogen-bond acceptors (Lipinski definition) is 16. The van der Waals surface area contributed by atoms with E-state index in [0.29, 0.717) is 69.8 Å². The number of ketones is 3. The molecule has 4 aliphatic rings. The lowest BCUT2D eigenvalue weighted by molar-refractivity contribution is -0.265. The summed E-state index contributed by atoms with van der Waals surface area (Å²) in [6.07, 6.45) is 9.76. The van der Waals surface area contributed by atoms with Crippen LogP contribution < -0.4 is 0 Å². The molecule has 1 saturated carbocycles. The first-order valence-electron chi connectivity index (χ1n) is 26.4. The number of fused-ring (bicyclic) bond motifs is 3. The molecule has 2 saturated heterocycles. The maximum absolute atomic E-state index is 14.5. The molecule has 2 bridgehead atoms. The number of aliphatic hydroxyl groups excluding tert-OH is 3. The highest BCUT2D eigenvalue weighted by molar-refractivity contribution is 6.39. The fraction of sp³-hybridized carbons (Fsp3) is 0.750. The lowest BCUT2D eigenvalue weighted by Crippen LogP contribution is -2.61. The molecule has 0 aromatic rings. The molecule has 4 N–H and O–H groups in total. The fourth-order valence-electron chi connectivity index (χ4n) is 10.7. The quantitative estimate of drug-likeness (QED) is 0.116. The molecular weight excluding hydrogens is 943 g/mol. The van der Waals surface area contributed by atoms with E-state index in [2.05, 4.69) is 0 Å². The third kappa shape index (κ3) is 16.0. The average Bonchev–Trinajstić information content (AvgIpc) is 3.37. The number of ether oxygens (including phenoxy) is 6. The van der Waals surface area contributed by atoms with Gasteiger partial charge >= 0.3 is 11.9 Å². The van der Waals surface area contributed by atoms with E-state index < -0.39 is 120 Å². The number of esters is 2.